The molecule has 2 N–H and O–H groups in total. The van der Waals surface area contributed by atoms with Gasteiger partial charge in [-0.25, -0.2) is 0 Å². The lowest BCUT2D eigenvalue weighted by molar-refractivity contribution is -0.122. The molecule has 22 heavy (non-hydrogen) atoms. The van der Waals surface area contributed by atoms with Gasteiger partial charge in [0.25, 0.3) is 0 Å². The average molecular weight is 305 g/mol. The molecule has 0 spiro atoms. The number of carbonyl (C=O) groups excluding carboxylic acids is 1. The Morgan fingerprint density at radius 2 is 1.68 bits per heavy atom. The molecule has 0 saturated carbocycles. The molecule has 0 fully saturated rings. The highest BCUT2D eigenvalue weighted by atomic mass is 16.3. The summed E-state index contributed by atoms with van der Waals surface area (Å²) in [6, 6.07) is 9.78. The van der Waals surface area contributed by atoms with E-state index in [1.807, 2.05) is 30.3 Å². The quantitative estimate of drug-likeness (QED) is 0.576. The summed E-state index contributed by atoms with van der Waals surface area (Å²) in [5.41, 5.74) is 1.14. The third-order valence-electron chi connectivity index (χ3n) is 3.92. The minimum absolute atomic E-state index is 0.0162. The van der Waals surface area contributed by atoms with Crippen LogP contribution in [0.25, 0.3) is 0 Å². The summed E-state index contributed by atoms with van der Waals surface area (Å²) < 4.78 is 0. The van der Waals surface area contributed by atoms with E-state index in [1.54, 1.807) is 0 Å². The summed E-state index contributed by atoms with van der Waals surface area (Å²) in [4.78, 5) is 11.9. The van der Waals surface area contributed by atoms with Gasteiger partial charge in [0.05, 0.1) is 12.6 Å². The van der Waals surface area contributed by atoms with E-state index in [1.165, 1.54) is 32.1 Å². The minimum Gasteiger partial charge on any atom is -0.394 e. The number of benzene rings is 1. The van der Waals surface area contributed by atoms with Gasteiger partial charge in [0.2, 0.25) is 5.91 Å². The molecule has 1 atom stereocenters. The predicted octanol–water partition coefficient (Wildman–Crippen LogP) is 3.85. The maximum atomic E-state index is 11.9. The lowest BCUT2D eigenvalue weighted by Crippen LogP contribution is -2.38. The first-order valence-corrected chi connectivity index (χ1v) is 8.70. The van der Waals surface area contributed by atoms with Crippen LogP contribution in [0, 0.1) is 0 Å². The molecule has 0 saturated heterocycles. The number of rotatable bonds is 12. The summed E-state index contributed by atoms with van der Waals surface area (Å²) in [6.45, 7) is 2.20. The van der Waals surface area contributed by atoms with Crippen LogP contribution >= 0.6 is 0 Å². The molecule has 1 aromatic rings. The molecular formula is C19H31NO2. The monoisotopic (exact) mass is 305 g/mol. The molecule has 0 aliphatic carbocycles. The molecule has 1 amide bonds. The van der Waals surface area contributed by atoms with Crippen LogP contribution in [0.3, 0.4) is 0 Å². The number of aliphatic hydroxyl groups excluding tert-OH is 1. The SMILES string of the molecule is CCCCCCCCCC(=O)NC(CO)Cc1ccccc1. The number of amides is 1. The fraction of sp³-hybridized carbons (Fsp3) is 0.632. The summed E-state index contributed by atoms with van der Waals surface area (Å²) in [6.07, 6.45) is 9.72. The molecule has 0 aromatic heterocycles. The van der Waals surface area contributed by atoms with Crippen LogP contribution in [-0.2, 0) is 11.2 Å². The number of hydrogen-bond acceptors (Lipinski definition) is 2. The Labute approximate surface area is 135 Å². The van der Waals surface area contributed by atoms with E-state index in [0.29, 0.717) is 12.8 Å². The lowest BCUT2D eigenvalue weighted by Gasteiger charge is -2.16. The Hall–Kier alpha value is -1.35. The van der Waals surface area contributed by atoms with Crippen LogP contribution in [0.15, 0.2) is 30.3 Å². The molecule has 0 radical (unpaired) electrons. The molecule has 0 aliphatic heterocycles. The highest BCUT2D eigenvalue weighted by molar-refractivity contribution is 5.76. The smallest absolute Gasteiger partial charge is 0.220 e. The van der Waals surface area contributed by atoms with Gasteiger partial charge in [0, 0.05) is 6.42 Å². The van der Waals surface area contributed by atoms with Gasteiger partial charge < -0.3 is 10.4 Å². The van der Waals surface area contributed by atoms with Crippen LogP contribution in [0.5, 0.6) is 0 Å². The zero-order valence-electron chi connectivity index (χ0n) is 13.9. The Morgan fingerprint density at radius 3 is 2.32 bits per heavy atom. The van der Waals surface area contributed by atoms with Crippen molar-refractivity contribution < 1.29 is 9.90 Å². The highest BCUT2D eigenvalue weighted by Crippen LogP contribution is 2.09. The van der Waals surface area contributed by atoms with Crippen molar-refractivity contribution in [3.63, 3.8) is 0 Å². The third-order valence-corrected chi connectivity index (χ3v) is 3.92. The topological polar surface area (TPSA) is 49.3 Å². The second-order valence-electron chi connectivity index (χ2n) is 6.01. The van der Waals surface area contributed by atoms with Gasteiger partial charge >= 0.3 is 0 Å². The van der Waals surface area contributed by atoms with E-state index >= 15 is 0 Å². The van der Waals surface area contributed by atoms with Crippen LogP contribution < -0.4 is 5.32 Å². The summed E-state index contributed by atoms with van der Waals surface area (Å²) in [5, 5.41) is 12.4. The second-order valence-corrected chi connectivity index (χ2v) is 6.01. The fourth-order valence-electron chi connectivity index (χ4n) is 2.60. The van der Waals surface area contributed by atoms with Gasteiger partial charge in [-0.2, -0.15) is 0 Å². The first-order valence-electron chi connectivity index (χ1n) is 8.70. The van der Waals surface area contributed by atoms with Gasteiger partial charge in [0.15, 0.2) is 0 Å². The number of nitrogens with one attached hydrogen (secondary N) is 1. The van der Waals surface area contributed by atoms with Crippen LogP contribution in [-0.4, -0.2) is 23.7 Å². The van der Waals surface area contributed by atoms with Crippen LogP contribution in [0.4, 0.5) is 0 Å². The van der Waals surface area contributed by atoms with E-state index in [9.17, 15) is 9.90 Å². The zero-order valence-corrected chi connectivity index (χ0v) is 13.9. The summed E-state index contributed by atoms with van der Waals surface area (Å²) in [7, 11) is 0. The van der Waals surface area contributed by atoms with Gasteiger partial charge in [-0.3, -0.25) is 4.79 Å². The Bertz CT molecular complexity index is 392. The number of unbranched alkanes of at least 4 members (excludes halogenated alkanes) is 6. The molecule has 0 aliphatic rings. The zero-order chi connectivity index (χ0) is 16.0. The van der Waals surface area contributed by atoms with Crippen molar-refractivity contribution in [2.75, 3.05) is 6.61 Å². The molecule has 3 heteroatoms. The van der Waals surface area contributed by atoms with E-state index in [-0.39, 0.29) is 18.6 Å². The van der Waals surface area contributed by atoms with Crippen molar-refractivity contribution in [2.24, 2.45) is 0 Å². The van der Waals surface area contributed by atoms with Crippen molar-refractivity contribution in [3.8, 4) is 0 Å². The van der Waals surface area contributed by atoms with E-state index in [2.05, 4.69) is 12.2 Å². The summed E-state index contributed by atoms with van der Waals surface area (Å²) in [5.74, 6) is 0.0588. The standard InChI is InChI=1S/C19H31NO2/c1-2-3-4-5-6-7-11-14-19(22)20-18(16-21)15-17-12-9-8-10-13-17/h8-10,12-13,18,21H,2-7,11,14-16H2,1H3,(H,20,22). The van der Waals surface area contributed by atoms with Gasteiger partial charge in [0.1, 0.15) is 0 Å². The Kier molecular flexibility index (Phi) is 10.4. The van der Waals surface area contributed by atoms with Crippen molar-refractivity contribution >= 4 is 5.91 Å². The van der Waals surface area contributed by atoms with Crippen LogP contribution in [0.1, 0.15) is 63.9 Å². The maximum Gasteiger partial charge on any atom is 0.220 e. The van der Waals surface area contributed by atoms with Crippen molar-refractivity contribution in [1.82, 2.24) is 5.32 Å². The average Bonchev–Trinajstić information content (AvgIpc) is 2.54. The first kappa shape index (κ1) is 18.7. The number of carbonyl (C=O) groups is 1. The first-order chi connectivity index (χ1) is 10.8. The predicted molar refractivity (Wildman–Crippen MR) is 91.8 cm³/mol. The molecule has 1 aromatic carbocycles. The highest BCUT2D eigenvalue weighted by Gasteiger charge is 2.11. The lowest BCUT2D eigenvalue weighted by atomic mass is 10.1. The minimum atomic E-state index is -0.181. The fourth-order valence-corrected chi connectivity index (χ4v) is 2.60. The molecule has 1 unspecified atom stereocenters. The van der Waals surface area contributed by atoms with Crippen molar-refractivity contribution in [1.29, 1.82) is 0 Å². The van der Waals surface area contributed by atoms with E-state index < -0.39 is 0 Å². The van der Waals surface area contributed by atoms with Crippen molar-refractivity contribution in [2.45, 2.75) is 70.8 Å². The second kappa shape index (κ2) is 12.2. The number of aliphatic hydroxyl groups is 1. The normalized spacial score (nSPS) is 12.1. The van der Waals surface area contributed by atoms with Gasteiger partial charge in [-0.1, -0.05) is 75.8 Å². The number of hydrogen-bond donors (Lipinski definition) is 2. The summed E-state index contributed by atoms with van der Waals surface area (Å²) >= 11 is 0. The molecule has 3 nitrogen and oxygen atoms in total. The molecule has 124 valence electrons. The molecule has 0 heterocycles. The maximum absolute atomic E-state index is 11.9. The largest absolute Gasteiger partial charge is 0.394 e. The van der Waals surface area contributed by atoms with E-state index in [0.717, 1.165) is 18.4 Å². The Morgan fingerprint density at radius 1 is 1.05 bits per heavy atom. The van der Waals surface area contributed by atoms with E-state index in [4.69, 9.17) is 0 Å². The molecule has 0 bridgehead atoms. The van der Waals surface area contributed by atoms with Crippen molar-refractivity contribution in [3.05, 3.63) is 35.9 Å². The third kappa shape index (κ3) is 8.83. The van der Waals surface area contributed by atoms with Crippen LogP contribution in [0.2, 0.25) is 0 Å². The molecular weight excluding hydrogens is 274 g/mol. The van der Waals surface area contributed by atoms with Gasteiger partial charge in [-0.15, -0.1) is 0 Å². The Balaban J connectivity index is 2.14. The van der Waals surface area contributed by atoms with Gasteiger partial charge in [-0.05, 0) is 18.4 Å². The molecule has 1 rings (SSSR count).